The van der Waals surface area contributed by atoms with Gasteiger partial charge in [0, 0.05) is 12.1 Å². The fraction of sp³-hybridized carbons (Fsp3) is 0.545. The fourth-order valence-electron chi connectivity index (χ4n) is 1.66. The third-order valence-corrected chi connectivity index (χ3v) is 2.48. The van der Waals surface area contributed by atoms with Crippen LogP contribution in [-0.4, -0.2) is 31.3 Å². The molecule has 1 saturated heterocycles. The number of nitrogens with one attached hydrogen (secondary N) is 1. The van der Waals surface area contributed by atoms with Gasteiger partial charge in [-0.25, -0.2) is 0 Å². The third kappa shape index (κ3) is 2.83. The fourth-order valence-corrected chi connectivity index (χ4v) is 1.66. The normalized spacial score (nSPS) is 17.4. The maximum absolute atomic E-state index is 5.77. The van der Waals surface area contributed by atoms with Crippen LogP contribution < -0.4 is 14.8 Å². The molecule has 1 aliphatic rings. The Morgan fingerprint density at radius 2 is 2.00 bits per heavy atom. The Kier molecular flexibility index (Phi) is 3.40. The van der Waals surface area contributed by atoms with Gasteiger partial charge in [-0.3, -0.25) is 0 Å². The minimum atomic E-state index is 0.283. The van der Waals surface area contributed by atoms with E-state index in [0.29, 0.717) is 11.8 Å². The van der Waals surface area contributed by atoms with Crippen LogP contribution in [-0.2, 0) is 0 Å². The lowest BCUT2D eigenvalue weighted by atomic mass is 10.1. The Morgan fingerprint density at radius 3 is 2.73 bits per heavy atom. The summed E-state index contributed by atoms with van der Waals surface area (Å²) >= 11 is 0. The van der Waals surface area contributed by atoms with Gasteiger partial charge in [0.2, 0.25) is 11.8 Å². The molecule has 1 aliphatic heterocycles. The number of aromatic nitrogens is 1. The van der Waals surface area contributed by atoms with Crippen molar-refractivity contribution < 1.29 is 9.47 Å². The minimum Gasteiger partial charge on any atom is -0.481 e. The molecule has 1 N–H and O–H groups in total. The van der Waals surface area contributed by atoms with Crippen LogP contribution in [0, 0.1) is 0 Å². The quantitative estimate of drug-likeness (QED) is 0.811. The molecule has 1 fully saturated rings. The Hall–Kier alpha value is -1.29. The van der Waals surface area contributed by atoms with Crippen molar-refractivity contribution in [3.63, 3.8) is 0 Å². The molecule has 0 radical (unpaired) electrons. The summed E-state index contributed by atoms with van der Waals surface area (Å²) in [7, 11) is 1.61. The lowest BCUT2D eigenvalue weighted by Gasteiger charge is -2.23. The van der Waals surface area contributed by atoms with Gasteiger partial charge in [0.25, 0.3) is 0 Å². The summed E-state index contributed by atoms with van der Waals surface area (Å²) < 4.78 is 10.8. The monoisotopic (exact) mass is 208 g/mol. The molecular formula is C11H16N2O2. The minimum absolute atomic E-state index is 0.283. The van der Waals surface area contributed by atoms with Gasteiger partial charge < -0.3 is 14.8 Å². The maximum atomic E-state index is 5.77. The second-order valence-electron chi connectivity index (χ2n) is 3.59. The van der Waals surface area contributed by atoms with Crippen LogP contribution in [0.25, 0.3) is 0 Å². The highest BCUT2D eigenvalue weighted by atomic mass is 16.5. The Morgan fingerprint density at radius 1 is 1.27 bits per heavy atom. The third-order valence-electron chi connectivity index (χ3n) is 2.48. The highest BCUT2D eigenvalue weighted by molar-refractivity contribution is 5.19. The van der Waals surface area contributed by atoms with E-state index in [9.17, 15) is 0 Å². The van der Waals surface area contributed by atoms with Gasteiger partial charge in [-0.1, -0.05) is 6.07 Å². The molecule has 2 heterocycles. The lowest BCUT2D eigenvalue weighted by Crippen LogP contribution is -2.34. The van der Waals surface area contributed by atoms with Crippen molar-refractivity contribution in [1.29, 1.82) is 0 Å². The number of rotatable bonds is 3. The first-order valence-electron chi connectivity index (χ1n) is 5.27. The van der Waals surface area contributed by atoms with Crippen molar-refractivity contribution in [3.05, 3.63) is 18.2 Å². The van der Waals surface area contributed by atoms with E-state index in [1.807, 2.05) is 18.2 Å². The van der Waals surface area contributed by atoms with Crippen molar-refractivity contribution in [2.24, 2.45) is 0 Å². The van der Waals surface area contributed by atoms with Gasteiger partial charge in [-0.05, 0) is 25.9 Å². The first-order chi connectivity index (χ1) is 7.38. The van der Waals surface area contributed by atoms with E-state index >= 15 is 0 Å². The molecule has 1 aromatic heterocycles. The second kappa shape index (κ2) is 4.98. The number of hydrogen-bond donors (Lipinski definition) is 1. The Balaban J connectivity index is 1.96. The van der Waals surface area contributed by atoms with Gasteiger partial charge in [0.05, 0.1) is 7.11 Å². The molecule has 1 aromatic rings. The molecule has 2 rings (SSSR count). The van der Waals surface area contributed by atoms with Crippen LogP contribution >= 0.6 is 0 Å². The Labute approximate surface area is 89.6 Å². The van der Waals surface area contributed by atoms with Crippen LogP contribution in [0.15, 0.2) is 18.2 Å². The van der Waals surface area contributed by atoms with Crippen molar-refractivity contribution in [2.75, 3.05) is 20.2 Å². The maximum Gasteiger partial charge on any atom is 0.216 e. The van der Waals surface area contributed by atoms with E-state index < -0.39 is 0 Å². The van der Waals surface area contributed by atoms with E-state index in [2.05, 4.69) is 10.3 Å². The summed E-state index contributed by atoms with van der Waals surface area (Å²) in [6.07, 6.45) is 2.36. The molecule has 4 nitrogen and oxygen atoms in total. The van der Waals surface area contributed by atoms with Crippen LogP contribution in [0.5, 0.6) is 11.8 Å². The predicted molar refractivity (Wildman–Crippen MR) is 57.3 cm³/mol. The molecule has 0 unspecified atom stereocenters. The molecule has 0 atom stereocenters. The standard InChI is InChI=1S/C11H16N2O2/c1-14-10-3-2-4-11(13-10)15-9-5-7-12-8-6-9/h2-4,9,12H,5-8H2,1H3. The molecular weight excluding hydrogens is 192 g/mol. The first kappa shape index (κ1) is 10.2. The summed E-state index contributed by atoms with van der Waals surface area (Å²) in [4.78, 5) is 4.22. The van der Waals surface area contributed by atoms with Gasteiger partial charge >= 0.3 is 0 Å². The van der Waals surface area contributed by atoms with Gasteiger partial charge in [-0.15, -0.1) is 0 Å². The predicted octanol–water partition coefficient (Wildman–Crippen LogP) is 1.22. The number of methoxy groups -OCH3 is 1. The smallest absolute Gasteiger partial charge is 0.216 e. The zero-order chi connectivity index (χ0) is 10.5. The zero-order valence-corrected chi connectivity index (χ0v) is 8.90. The molecule has 0 aromatic carbocycles. The van der Waals surface area contributed by atoms with Gasteiger partial charge in [0.1, 0.15) is 6.10 Å². The summed E-state index contributed by atoms with van der Waals surface area (Å²) in [5, 5.41) is 3.30. The van der Waals surface area contributed by atoms with Gasteiger partial charge in [-0.2, -0.15) is 4.98 Å². The first-order valence-corrected chi connectivity index (χ1v) is 5.27. The summed E-state index contributed by atoms with van der Waals surface area (Å²) in [6.45, 7) is 2.04. The van der Waals surface area contributed by atoms with Crippen LogP contribution in [0.2, 0.25) is 0 Å². The van der Waals surface area contributed by atoms with E-state index in [1.165, 1.54) is 0 Å². The van der Waals surface area contributed by atoms with Crippen molar-refractivity contribution in [2.45, 2.75) is 18.9 Å². The van der Waals surface area contributed by atoms with Crippen LogP contribution in [0.4, 0.5) is 0 Å². The summed E-state index contributed by atoms with van der Waals surface area (Å²) in [5.41, 5.74) is 0. The summed E-state index contributed by atoms with van der Waals surface area (Å²) in [6, 6.07) is 5.57. The molecule has 15 heavy (non-hydrogen) atoms. The number of piperidine rings is 1. The molecule has 4 heteroatoms. The molecule has 0 saturated carbocycles. The molecule has 0 spiro atoms. The van der Waals surface area contributed by atoms with Crippen LogP contribution in [0.3, 0.4) is 0 Å². The lowest BCUT2D eigenvalue weighted by molar-refractivity contribution is 0.154. The average Bonchev–Trinajstić information content (AvgIpc) is 2.31. The van der Waals surface area contributed by atoms with E-state index in [-0.39, 0.29) is 6.10 Å². The highest BCUT2D eigenvalue weighted by Crippen LogP contribution is 2.17. The van der Waals surface area contributed by atoms with Crippen LogP contribution in [0.1, 0.15) is 12.8 Å². The zero-order valence-electron chi connectivity index (χ0n) is 8.90. The molecule has 0 bridgehead atoms. The Bertz CT molecular complexity index is 311. The van der Waals surface area contributed by atoms with Gasteiger partial charge in [0.15, 0.2) is 0 Å². The topological polar surface area (TPSA) is 43.4 Å². The second-order valence-corrected chi connectivity index (χ2v) is 3.59. The SMILES string of the molecule is COc1cccc(OC2CCNCC2)n1. The average molecular weight is 208 g/mol. The van der Waals surface area contributed by atoms with Crippen molar-refractivity contribution in [1.82, 2.24) is 10.3 Å². The largest absolute Gasteiger partial charge is 0.481 e. The molecule has 0 aliphatic carbocycles. The number of ether oxygens (including phenoxy) is 2. The summed E-state index contributed by atoms with van der Waals surface area (Å²) in [5.74, 6) is 1.25. The van der Waals surface area contributed by atoms with Crippen molar-refractivity contribution in [3.8, 4) is 11.8 Å². The van der Waals surface area contributed by atoms with E-state index in [4.69, 9.17) is 9.47 Å². The molecule has 82 valence electrons. The van der Waals surface area contributed by atoms with E-state index in [0.717, 1.165) is 25.9 Å². The number of pyridine rings is 1. The highest BCUT2D eigenvalue weighted by Gasteiger charge is 2.14. The number of nitrogens with zero attached hydrogens (tertiary/aromatic N) is 1. The van der Waals surface area contributed by atoms with Crippen molar-refractivity contribution >= 4 is 0 Å². The number of hydrogen-bond acceptors (Lipinski definition) is 4. The van der Waals surface area contributed by atoms with E-state index in [1.54, 1.807) is 7.11 Å². The molecule has 0 amide bonds.